The fourth-order valence-corrected chi connectivity index (χ4v) is 5.00. The number of phenols is 1. The Bertz CT molecular complexity index is 1880. The van der Waals surface area contributed by atoms with Crippen molar-refractivity contribution in [2.24, 2.45) is 0 Å². The highest BCUT2D eigenvalue weighted by atomic mass is 19.4. The summed E-state index contributed by atoms with van der Waals surface area (Å²) in [6, 6.07) is 16.5. The van der Waals surface area contributed by atoms with Gasteiger partial charge in [-0.25, -0.2) is 4.39 Å². The quantitative estimate of drug-likeness (QED) is 0.163. The summed E-state index contributed by atoms with van der Waals surface area (Å²) in [4.78, 5) is 17.5. The topological polar surface area (TPSA) is 88.2 Å². The van der Waals surface area contributed by atoms with Crippen LogP contribution in [0, 0.1) is 19.7 Å². The molecule has 4 aromatic carbocycles. The zero-order valence-electron chi connectivity index (χ0n) is 24.8. The van der Waals surface area contributed by atoms with Gasteiger partial charge in [-0.05, 0) is 96.1 Å². The molecule has 0 fully saturated rings. The number of benzene rings is 4. The summed E-state index contributed by atoms with van der Waals surface area (Å²) in [7, 11) is 0. The highest BCUT2D eigenvalue weighted by Crippen LogP contribution is 2.39. The molecule has 5 rings (SSSR count). The predicted octanol–water partition coefficient (Wildman–Crippen LogP) is 8.66. The predicted molar refractivity (Wildman–Crippen MR) is 158 cm³/mol. The lowest BCUT2D eigenvalue weighted by Gasteiger charge is -2.16. The van der Waals surface area contributed by atoms with Crippen LogP contribution in [-0.2, 0) is 18.8 Å². The van der Waals surface area contributed by atoms with Crippen LogP contribution in [0.15, 0.2) is 83.4 Å². The van der Waals surface area contributed by atoms with Gasteiger partial charge in [0.05, 0.1) is 22.6 Å². The highest BCUT2D eigenvalue weighted by Gasteiger charge is 2.37. The largest absolute Gasteiger partial charge is 0.507 e. The molecule has 0 saturated carbocycles. The van der Waals surface area contributed by atoms with E-state index in [0.717, 1.165) is 34.9 Å². The average molecular weight is 658 g/mol. The molecule has 1 heterocycles. The molecule has 13 heteroatoms. The van der Waals surface area contributed by atoms with E-state index in [9.17, 15) is 40.6 Å². The maximum absolute atomic E-state index is 13.7. The summed E-state index contributed by atoms with van der Waals surface area (Å²) in [5.41, 5.74) is -0.969. The van der Waals surface area contributed by atoms with Crippen molar-refractivity contribution >= 4 is 5.91 Å². The van der Waals surface area contributed by atoms with E-state index in [0.29, 0.717) is 29.9 Å². The average Bonchev–Trinajstić information content (AvgIpc) is 3.46. The number of aryl methyl sites for hydroxylation is 2. The van der Waals surface area contributed by atoms with Crippen LogP contribution in [0.2, 0.25) is 0 Å². The first-order chi connectivity index (χ1) is 22.1. The Kier molecular flexibility index (Phi) is 9.10. The van der Waals surface area contributed by atoms with Crippen LogP contribution in [0.1, 0.15) is 50.2 Å². The molecule has 6 nitrogen and oxygen atoms in total. The Hall–Kier alpha value is -5.20. The number of hydrogen-bond donors (Lipinski definition) is 2. The van der Waals surface area contributed by atoms with Gasteiger partial charge in [0.15, 0.2) is 5.82 Å². The smallest absolute Gasteiger partial charge is 0.416 e. The monoisotopic (exact) mass is 657 g/mol. The van der Waals surface area contributed by atoms with E-state index >= 15 is 0 Å². The molecule has 1 aromatic heterocycles. The lowest BCUT2D eigenvalue weighted by molar-refractivity contribution is -0.143. The normalized spacial score (nSPS) is 12.6. The number of aromatic nitrogens is 2. The van der Waals surface area contributed by atoms with Crippen molar-refractivity contribution in [3.05, 3.63) is 124 Å². The van der Waals surface area contributed by atoms with Crippen LogP contribution < -0.4 is 5.32 Å². The van der Waals surface area contributed by atoms with E-state index < -0.39 is 46.6 Å². The second kappa shape index (κ2) is 12.9. The number of rotatable bonds is 8. The highest BCUT2D eigenvalue weighted by molar-refractivity contribution is 5.98. The van der Waals surface area contributed by atoms with Gasteiger partial charge in [-0.1, -0.05) is 41.6 Å². The number of aromatic hydroxyl groups is 1. The zero-order chi connectivity index (χ0) is 34.1. The standard InChI is InChI=1S/C34H26F7N3O3/c1-18-11-22(7-9-29(18)35)21-5-3-20(4-6-21)12-25(32-43-19(2)44-47-32)17-42-31(46)28-15-23(8-10-30(28)45)24-13-26(33(36,37)38)16-27(14-24)34(39,40)41/h3-11,13-16,25,45H,12,17H2,1-2H3,(H,42,46). The molecule has 47 heavy (non-hydrogen) atoms. The summed E-state index contributed by atoms with van der Waals surface area (Å²) in [5, 5.41) is 16.9. The van der Waals surface area contributed by atoms with Gasteiger partial charge in [0.2, 0.25) is 5.89 Å². The molecule has 0 radical (unpaired) electrons. The Morgan fingerprint density at radius 1 is 0.809 bits per heavy atom. The van der Waals surface area contributed by atoms with Gasteiger partial charge in [-0.15, -0.1) is 0 Å². The first-order valence-electron chi connectivity index (χ1n) is 14.1. The van der Waals surface area contributed by atoms with Crippen LogP contribution >= 0.6 is 0 Å². The van der Waals surface area contributed by atoms with Crippen LogP contribution in [-0.4, -0.2) is 27.7 Å². The molecule has 2 N–H and O–H groups in total. The lowest BCUT2D eigenvalue weighted by atomic mass is 9.95. The molecule has 0 aliphatic heterocycles. The van der Waals surface area contributed by atoms with Crippen molar-refractivity contribution in [2.45, 2.75) is 38.5 Å². The molecule has 0 aliphatic rings. The molecule has 0 bridgehead atoms. The summed E-state index contributed by atoms with van der Waals surface area (Å²) in [5.74, 6) is -1.68. The van der Waals surface area contributed by atoms with E-state index in [1.54, 1.807) is 26.0 Å². The number of hydrogen-bond acceptors (Lipinski definition) is 5. The van der Waals surface area contributed by atoms with Gasteiger partial charge in [0.25, 0.3) is 5.91 Å². The molecular formula is C34H26F7N3O3. The van der Waals surface area contributed by atoms with Crippen molar-refractivity contribution in [3.8, 4) is 28.0 Å². The van der Waals surface area contributed by atoms with Crippen LogP contribution in [0.5, 0.6) is 5.75 Å². The van der Waals surface area contributed by atoms with Crippen LogP contribution in [0.3, 0.4) is 0 Å². The Morgan fingerprint density at radius 3 is 1.98 bits per heavy atom. The van der Waals surface area contributed by atoms with Gasteiger partial charge in [-0.2, -0.15) is 31.3 Å². The molecule has 1 atom stereocenters. The second-order valence-corrected chi connectivity index (χ2v) is 11.0. The van der Waals surface area contributed by atoms with Crippen molar-refractivity contribution < 1.29 is 45.2 Å². The number of nitrogens with zero attached hydrogens (tertiary/aromatic N) is 2. The number of carbonyl (C=O) groups is 1. The number of halogens is 7. The molecule has 5 aromatic rings. The minimum Gasteiger partial charge on any atom is -0.507 e. The van der Waals surface area contributed by atoms with Crippen LogP contribution in [0.4, 0.5) is 30.7 Å². The third-order valence-corrected chi connectivity index (χ3v) is 7.49. The van der Waals surface area contributed by atoms with Crippen molar-refractivity contribution in [2.75, 3.05) is 6.54 Å². The maximum atomic E-state index is 13.7. The summed E-state index contributed by atoms with van der Waals surface area (Å²) in [6.45, 7) is 3.21. The molecule has 1 unspecified atom stereocenters. The summed E-state index contributed by atoms with van der Waals surface area (Å²) < 4.78 is 99.6. The van der Waals surface area contributed by atoms with Gasteiger partial charge in [-0.3, -0.25) is 4.79 Å². The van der Waals surface area contributed by atoms with Crippen molar-refractivity contribution in [1.29, 1.82) is 0 Å². The van der Waals surface area contributed by atoms with E-state index in [1.807, 2.05) is 24.3 Å². The minimum absolute atomic E-state index is 0.00812. The van der Waals surface area contributed by atoms with Crippen LogP contribution in [0.25, 0.3) is 22.3 Å². The van der Waals surface area contributed by atoms with E-state index in [2.05, 4.69) is 15.5 Å². The minimum atomic E-state index is -5.06. The fraction of sp³-hybridized carbons (Fsp3) is 0.206. The summed E-state index contributed by atoms with van der Waals surface area (Å²) >= 11 is 0. The number of amides is 1. The fourth-order valence-electron chi connectivity index (χ4n) is 5.00. The van der Waals surface area contributed by atoms with Gasteiger partial charge < -0.3 is 14.9 Å². The summed E-state index contributed by atoms with van der Waals surface area (Å²) in [6.07, 6.45) is -9.80. The van der Waals surface area contributed by atoms with E-state index in [1.165, 1.54) is 6.07 Å². The molecular weight excluding hydrogens is 631 g/mol. The number of alkyl halides is 6. The number of carbonyl (C=O) groups excluding carboxylic acids is 1. The Morgan fingerprint density at radius 2 is 1.40 bits per heavy atom. The molecule has 0 spiro atoms. The SMILES string of the molecule is Cc1noc(C(CNC(=O)c2cc(-c3cc(C(F)(F)F)cc(C(F)(F)F)c3)ccc2O)Cc2ccc(-c3ccc(F)c(C)c3)cc2)n1. The lowest BCUT2D eigenvalue weighted by Crippen LogP contribution is -2.29. The Labute approximate surface area is 263 Å². The Balaban J connectivity index is 1.38. The molecule has 0 aliphatic carbocycles. The number of phenolic OH excluding ortho intramolecular Hbond substituents is 1. The van der Waals surface area contributed by atoms with E-state index in [-0.39, 0.29) is 35.4 Å². The molecule has 0 saturated heterocycles. The molecule has 1 amide bonds. The van der Waals surface area contributed by atoms with Gasteiger partial charge in [0.1, 0.15) is 11.6 Å². The third-order valence-electron chi connectivity index (χ3n) is 7.49. The molecule has 244 valence electrons. The maximum Gasteiger partial charge on any atom is 0.416 e. The zero-order valence-corrected chi connectivity index (χ0v) is 24.8. The van der Waals surface area contributed by atoms with Crippen molar-refractivity contribution in [1.82, 2.24) is 15.5 Å². The second-order valence-electron chi connectivity index (χ2n) is 11.0. The van der Waals surface area contributed by atoms with Crippen molar-refractivity contribution in [3.63, 3.8) is 0 Å². The third kappa shape index (κ3) is 7.79. The van der Waals surface area contributed by atoms with E-state index in [4.69, 9.17) is 4.52 Å². The van der Waals surface area contributed by atoms with Gasteiger partial charge >= 0.3 is 12.4 Å². The first-order valence-corrected chi connectivity index (χ1v) is 14.1. The number of nitrogens with one attached hydrogen (secondary N) is 1. The van der Waals surface area contributed by atoms with Gasteiger partial charge in [0, 0.05) is 6.54 Å². The first kappa shape index (κ1) is 33.2.